The molecule has 3 rings (SSSR count). The zero-order valence-corrected chi connectivity index (χ0v) is 20.3. The van der Waals surface area contributed by atoms with Crippen LogP contribution in [0, 0.1) is 0 Å². The molecule has 0 bridgehead atoms. The summed E-state index contributed by atoms with van der Waals surface area (Å²) < 4.78 is 0. The van der Waals surface area contributed by atoms with Crippen LogP contribution in [0.5, 0.6) is 0 Å². The Kier molecular flexibility index (Phi) is 9.42. The summed E-state index contributed by atoms with van der Waals surface area (Å²) in [6, 6.07) is 16.8. The van der Waals surface area contributed by atoms with Crippen molar-refractivity contribution in [2.45, 2.75) is 25.8 Å². The van der Waals surface area contributed by atoms with Crippen molar-refractivity contribution in [1.29, 1.82) is 0 Å². The molecule has 7 heteroatoms. The second kappa shape index (κ2) is 11.8. The number of halogens is 1. The van der Waals surface area contributed by atoms with Crippen LogP contribution < -0.4 is 20.4 Å². The van der Waals surface area contributed by atoms with E-state index in [1.165, 1.54) is 11.3 Å². The molecule has 1 heterocycles. The zero-order chi connectivity index (χ0) is 20.6. The third-order valence-electron chi connectivity index (χ3n) is 5.16. The molecule has 30 heavy (non-hydrogen) atoms. The van der Waals surface area contributed by atoms with Crippen LogP contribution in [0.1, 0.15) is 24.0 Å². The molecule has 6 nitrogen and oxygen atoms in total. The van der Waals surface area contributed by atoms with Gasteiger partial charge in [-0.25, -0.2) is 0 Å². The fraction of sp³-hybridized carbons (Fsp3) is 0.391. The van der Waals surface area contributed by atoms with Gasteiger partial charge in [0.25, 0.3) is 0 Å². The Bertz CT molecular complexity index is 834. The number of hydrogen-bond donors (Lipinski definition) is 2. The maximum Gasteiger partial charge on any atom is 0.227 e. The number of guanidine groups is 1. The van der Waals surface area contributed by atoms with Crippen molar-refractivity contribution in [2.75, 3.05) is 44.0 Å². The summed E-state index contributed by atoms with van der Waals surface area (Å²) in [5.41, 5.74) is 4.64. The Morgan fingerprint density at radius 1 is 1.03 bits per heavy atom. The summed E-state index contributed by atoms with van der Waals surface area (Å²) in [6.45, 7) is 2.33. The third kappa shape index (κ3) is 6.62. The first-order chi connectivity index (χ1) is 14.1. The Labute approximate surface area is 196 Å². The molecule has 1 fully saturated rings. The number of benzene rings is 2. The van der Waals surface area contributed by atoms with Crippen molar-refractivity contribution >= 4 is 47.2 Å². The maximum atomic E-state index is 11.9. The molecule has 162 valence electrons. The summed E-state index contributed by atoms with van der Waals surface area (Å²) in [7, 11) is 5.88. The number of nitrogens with one attached hydrogen (secondary N) is 2. The quantitative estimate of drug-likeness (QED) is 0.333. The molecule has 2 N–H and O–H groups in total. The maximum absolute atomic E-state index is 11.9. The average molecular weight is 521 g/mol. The molecule has 0 aromatic heterocycles. The molecule has 2 aromatic carbocycles. The average Bonchev–Trinajstić information content (AvgIpc) is 3.17. The highest BCUT2D eigenvalue weighted by Gasteiger charge is 2.21. The molecule has 0 spiro atoms. The van der Waals surface area contributed by atoms with E-state index in [9.17, 15) is 4.79 Å². The van der Waals surface area contributed by atoms with Gasteiger partial charge in [-0.3, -0.25) is 9.79 Å². The van der Waals surface area contributed by atoms with Crippen molar-refractivity contribution in [2.24, 2.45) is 4.99 Å². The van der Waals surface area contributed by atoms with Gasteiger partial charge in [0.15, 0.2) is 5.96 Å². The second-order valence-electron chi connectivity index (χ2n) is 7.48. The van der Waals surface area contributed by atoms with Crippen LogP contribution >= 0.6 is 24.0 Å². The van der Waals surface area contributed by atoms with Crippen LogP contribution in [0.25, 0.3) is 0 Å². The van der Waals surface area contributed by atoms with Gasteiger partial charge in [-0.15, -0.1) is 24.0 Å². The zero-order valence-electron chi connectivity index (χ0n) is 18.0. The van der Waals surface area contributed by atoms with E-state index in [0.717, 1.165) is 43.1 Å². The second-order valence-corrected chi connectivity index (χ2v) is 7.48. The van der Waals surface area contributed by atoms with Gasteiger partial charge in [-0.2, -0.15) is 0 Å². The first-order valence-corrected chi connectivity index (χ1v) is 10.2. The molecular weight excluding hydrogens is 489 g/mol. The molecule has 0 aliphatic carbocycles. The lowest BCUT2D eigenvalue weighted by atomic mass is 10.1. The molecule has 1 aliphatic heterocycles. The van der Waals surface area contributed by atoms with Gasteiger partial charge in [0.05, 0.1) is 0 Å². The lowest BCUT2D eigenvalue weighted by molar-refractivity contribution is -0.117. The molecule has 1 amide bonds. The van der Waals surface area contributed by atoms with Crippen molar-refractivity contribution < 1.29 is 4.79 Å². The monoisotopic (exact) mass is 521 g/mol. The van der Waals surface area contributed by atoms with Crippen LogP contribution in [0.15, 0.2) is 53.5 Å². The van der Waals surface area contributed by atoms with E-state index < -0.39 is 0 Å². The summed E-state index contributed by atoms with van der Waals surface area (Å²) >= 11 is 0. The Hall–Kier alpha value is -2.29. The molecular formula is C23H32IN5O. The molecule has 0 unspecified atom stereocenters. The summed E-state index contributed by atoms with van der Waals surface area (Å²) in [6.07, 6.45) is 2.54. The molecule has 2 aromatic rings. The van der Waals surface area contributed by atoms with Gasteiger partial charge in [0.2, 0.25) is 5.91 Å². The standard InChI is InChI=1S/C23H31N5O.HI/c1-24-23(25-15-14-18-6-10-20(11-7-18)27(2)3)26-17-19-8-12-21(13-9-19)28-16-4-5-22(28)29;/h6-13H,4-5,14-17H2,1-3H3,(H2,24,25,26);1H. The highest BCUT2D eigenvalue weighted by atomic mass is 127. The summed E-state index contributed by atoms with van der Waals surface area (Å²) in [4.78, 5) is 20.1. The molecule has 1 saturated heterocycles. The van der Waals surface area contributed by atoms with Gasteiger partial charge in [0.1, 0.15) is 0 Å². The first-order valence-electron chi connectivity index (χ1n) is 10.2. The largest absolute Gasteiger partial charge is 0.378 e. The van der Waals surface area contributed by atoms with Gasteiger partial charge in [-0.1, -0.05) is 24.3 Å². The number of nitrogens with zero attached hydrogens (tertiary/aromatic N) is 3. The van der Waals surface area contributed by atoms with E-state index in [2.05, 4.69) is 56.9 Å². The van der Waals surface area contributed by atoms with Crippen LogP contribution in [0.3, 0.4) is 0 Å². The number of hydrogen-bond acceptors (Lipinski definition) is 3. The Balaban J connectivity index is 0.00000320. The topological polar surface area (TPSA) is 60.0 Å². The SMILES string of the molecule is CN=C(NCCc1ccc(N(C)C)cc1)NCc1ccc(N2CCCC2=O)cc1.I. The van der Waals surface area contributed by atoms with E-state index in [1.54, 1.807) is 7.05 Å². The lowest BCUT2D eigenvalue weighted by Crippen LogP contribution is -2.37. The van der Waals surface area contributed by atoms with E-state index >= 15 is 0 Å². The van der Waals surface area contributed by atoms with Crippen molar-refractivity contribution in [3.63, 3.8) is 0 Å². The fourth-order valence-electron chi connectivity index (χ4n) is 3.41. The third-order valence-corrected chi connectivity index (χ3v) is 5.16. The minimum atomic E-state index is 0. The number of carbonyl (C=O) groups excluding carboxylic acids is 1. The predicted molar refractivity (Wildman–Crippen MR) is 136 cm³/mol. The number of anilines is 2. The van der Waals surface area contributed by atoms with Crippen molar-refractivity contribution in [3.8, 4) is 0 Å². The van der Waals surface area contributed by atoms with Gasteiger partial charge < -0.3 is 20.4 Å². The van der Waals surface area contributed by atoms with Crippen LogP contribution in [0.2, 0.25) is 0 Å². The fourth-order valence-corrected chi connectivity index (χ4v) is 3.41. The number of rotatable bonds is 7. The van der Waals surface area contributed by atoms with Gasteiger partial charge in [0, 0.05) is 58.6 Å². The summed E-state index contributed by atoms with van der Waals surface area (Å²) in [5, 5.41) is 6.71. The Morgan fingerprint density at radius 3 is 2.27 bits per heavy atom. The molecule has 0 radical (unpaired) electrons. The van der Waals surface area contributed by atoms with Crippen molar-refractivity contribution in [3.05, 3.63) is 59.7 Å². The van der Waals surface area contributed by atoms with E-state index in [-0.39, 0.29) is 29.9 Å². The predicted octanol–water partition coefficient (Wildman–Crippen LogP) is 3.41. The minimum Gasteiger partial charge on any atom is -0.378 e. The lowest BCUT2D eigenvalue weighted by Gasteiger charge is -2.16. The van der Waals surface area contributed by atoms with E-state index in [4.69, 9.17) is 0 Å². The van der Waals surface area contributed by atoms with Gasteiger partial charge >= 0.3 is 0 Å². The molecule has 1 aliphatic rings. The smallest absolute Gasteiger partial charge is 0.227 e. The minimum absolute atomic E-state index is 0. The van der Waals surface area contributed by atoms with Crippen LogP contribution in [-0.4, -0.2) is 46.1 Å². The van der Waals surface area contributed by atoms with E-state index in [0.29, 0.717) is 13.0 Å². The van der Waals surface area contributed by atoms with Crippen LogP contribution in [0.4, 0.5) is 11.4 Å². The Morgan fingerprint density at radius 2 is 1.70 bits per heavy atom. The normalized spacial score (nSPS) is 13.8. The summed E-state index contributed by atoms with van der Waals surface area (Å²) in [5.74, 6) is 1.01. The molecule has 0 saturated carbocycles. The highest BCUT2D eigenvalue weighted by Crippen LogP contribution is 2.21. The molecule has 0 atom stereocenters. The van der Waals surface area contributed by atoms with Crippen molar-refractivity contribution in [1.82, 2.24) is 10.6 Å². The number of aliphatic imine (C=N–C) groups is 1. The van der Waals surface area contributed by atoms with Crippen LogP contribution in [-0.2, 0) is 17.8 Å². The first kappa shape index (κ1) is 24.0. The highest BCUT2D eigenvalue weighted by molar-refractivity contribution is 14.0. The number of carbonyl (C=O) groups is 1. The van der Waals surface area contributed by atoms with E-state index in [1.807, 2.05) is 31.1 Å². The number of amides is 1. The van der Waals surface area contributed by atoms with Gasteiger partial charge in [-0.05, 0) is 48.2 Å².